The van der Waals surface area contributed by atoms with Gasteiger partial charge in [0.15, 0.2) is 11.5 Å². The van der Waals surface area contributed by atoms with Crippen molar-refractivity contribution < 1.29 is 24.9 Å². The number of benzene rings is 2. The third-order valence-electron chi connectivity index (χ3n) is 2.27. The predicted octanol–water partition coefficient (Wildman–Crippen LogP) is 2.02. The number of phenolic OH excluding ortho intramolecular Hbond substituents is 3. The average molecular weight is 246 g/mol. The largest absolute Gasteiger partial charge is 0.508 e. The molecular formula is C13H10O5. The lowest BCUT2D eigenvalue weighted by Gasteiger charge is -2.07. The van der Waals surface area contributed by atoms with Crippen LogP contribution in [0, 0.1) is 0 Å². The fourth-order valence-corrected chi connectivity index (χ4v) is 1.39. The molecule has 0 fully saturated rings. The highest BCUT2D eigenvalue weighted by Crippen LogP contribution is 2.30. The van der Waals surface area contributed by atoms with Crippen molar-refractivity contribution >= 4 is 5.97 Å². The van der Waals surface area contributed by atoms with Crippen LogP contribution in [0.1, 0.15) is 10.4 Å². The molecule has 0 aliphatic carbocycles. The minimum absolute atomic E-state index is 0.00928. The summed E-state index contributed by atoms with van der Waals surface area (Å²) in [7, 11) is 0. The van der Waals surface area contributed by atoms with Crippen LogP contribution in [0.2, 0.25) is 0 Å². The van der Waals surface area contributed by atoms with Crippen molar-refractivity contribution in [2.24, 2.45) is 0 Å². The highest BCUT2D eigenvalue weighted by molar-refractivity contribution is 5.94. The van der Waals surface area contributed by atoms with Gasteiger partial charge in [-0.15, -0.1) is 0 Å². The zero-order valence-electron chi connectivity index (χ0n) is 9.20. The molecule has 0 saturated carbocycles. The Morgan fingerprint density at radius 3 is 2.33 bits per heavy atom. The van der Waals surface area contributed by atoms with E-state index in [-0.39, 0.29) is 28.6 Å². The number of para-hydroxylation sites is 1. The van der Waals surface area contributed by atoms with E-state index in [1.165, 1.54) is 24.3 Å². The summed E-state index contributed by atoms with van der Waals surface area (Å²) in [4.78, 5) is 11.7. The van der Waals surface area contributed by atoms with E-state index in [1.807, 2.05) is 0 Å². The van der Waals surface area contributed by atoms with E-state index < -0.39 is 5.97 Å². The second kappa shape index (κ2) is 4.67. The maximum absolute atomic E-state index is 11.7. The van der Waals surface area contributed by atoms with Crippen molar-refractivity contribution in [1.29, 1.82) is 0 Å². The Labute approximate surface area is 103 Å². The Bertz CT molecular complexity index is 592. The van der Waals surface area contributed by atoms with Crippen LogP contribution in [0.5, 0.6) is 23.0 Å². The number of carbonyl (C=O) groups is 1. The summed E-state index contributed by atoms with van der Waals surface area (Å²) in [6, 6.07) is 9.47. The SMILES string of the molecule is O=C(Oc1ccc(O)cc1O)c1ccccc1O. The third kappa shape index (κ3) is 2.35. The Balaban J connectivity index is 2.24. The minimum Gasteiger partial charge on any atom is -0.508 e. The Morgan fingerprint density at radius 1 is 0.944 bits per heavy atom. The molecule has 0 saturated heterocycles. The first-order chi connectivity index (χ1) is 8.58. The molecule has 0 unspecified atom stereocenters. The normalized spacial score (nSPS) is 10.0. The summed E-state index contributed by atoms with van der Waals surface area (Å²) >= 11 is 0. The van der Waals surface area contributed by atoms with Gasteiger partial charge in [-0.25, -0.2) is 4.79 Å². The van der Waals surface area contributed by atoms with Crippen LogP contribution in [0.25, 0.3) is 0 Å². The van der Waals surface area contributed by atoms with Gasteiger partial charge in [-0.05, 0) is 24.3 Å². The molecule has 3 N–H and O–H groups in total. The van der Waals surface area contributed by atoms with E-state index in [0.717, 1.165) is 6.07 Å². The van der Waals surface area contributed by atoms with Gasteiger partial charge in [0.2, 0.25) is 0 Å². The molecule has 2 aromatic carbocycles. The molecular weight excluding hydrogens is 236 g/mol. The summed E-state index contributed by atoms with van der Waals surface area (Å²) in [5.41, 5.74) is -0.00928. The standard InChI is InChI=1S/C13H10O5/c14-8-5-6-12(11(16)7-8)18-13(17)9-3-1-2-4-10(9)15/h1-7,14-16H. The number of ether oxygens (including phenoxy) is 1. The number of esters is 1. The van der Waals surface area contributed by atoms with Crippen molar-refractivity contribution in [2.75, 3.05) is 0 Å². The molecule has 18 heavy (non-hydrogen) atoms. The van der Waals surface area contributed by atoms with Crippen LogP contribution >= 0.6 is 0 Å². The number of carbonyl (C=O) groups excluding carboxylic acids is 1. The maximum atomic E-state index is 11.7. The van der Waals surface area contributed by atoms with Crippen molar-refractivity contribution in [1.82, 2.24) is 0 Å². The predicted molar refractivity (Wildman–Crippen MR) is 62.8 cm³/mol. The zero-order chi connectivity index (χ0) is 13.1. The highest BCUT2D eigenvalue weighted by atomic mass is 16.5. The van der Waals surface area contributed by atoms with E-state index in [9.17, 15) is 15.0 Å². The van der Waals surface area contributed by atoms with Gasteiger partial charge in [0, 0.05) is 6.07 Å². The molecule has 92 valence electrons. The van der Waals surface area contributed by atoms with Crippen LogP contribution in [0.15, 0.2) is 42.5 Å². The van der Waals surface area contributed by atoms with E-state index in [4.69, 9.17) is 9.84 Å². The van der Waals surface area contributed by atoms with E-state index in [0.29, 0.717) is 0 Å². The molecule has 0 bridgehead atoms. The molecule has 0 aliphatic rings. The topological polar surface area (TPSA) is 87.0 Å². The van der Waals surface area contributed by atoms with Crippen molar-refractivity contribution in [2.45, 2.75) is 0 Å². The van der Waals surface area contributed by atoms with E-state index in [1.54, 1.807) is 12.1 Å². The number of rotatable bonds is 2. The maximum Gasteiger partial charge on any atom is 0.347 e. The zero-order valence-corrected chi connectivity index (χ0v) is 9.20. The van der Waals surface area contributed by atoms with Crippen LogP contribution in [0.4, 0.5) is 0 Å². The van der Waals surface area contributed by atoms with Crippen LogP contribution in [-0.4, -0.2) is 21.3 Å². The van der Waals surface area contributed by atoms with Gasteiger partial charge in [-0.1, -0.05) is 12.1 Å². The lowest BCUT2D eigenvalue weighted by Crippen LogP contribution is -2.08. The molecule has 2 aromatic rings. The first-order valence-corrected chi connectivity index (χ1v) is 5.10. The van der Waals surface area contributed by atoms with Gasteiger partial charge in [-0.2, -0.15) is 0 Å². The van der Waals surface area contributed by atoms with Crippen molar-refractivity contribution in [3.63, 3.8) is 0 Å². The smallest absolute Gasteiger partial charge is 0.347 e. The summed E-state index contributed by atoms with van der Waals surface area (Å²) in [6.45, 7) is 0. The number of aromatic hydroxyl groups is 3. The van der Waals surface area contributed by atoms with E-state index in [2.05, 4.69) is 0 Å². The molecule has 0 heterocycles. The summed E-state index contributed by atoms with van der Waals surface area (Å²) in [5, 5.41) is 28.0. The Hall–Kier alpha value is -2.69. The molecule has 5 nitrogen and oxygen atoms in total. The number of hydrogen-bond donors (Lipinski definition) is 3. The minimum atomic E-state index is -0.797. The van der Waals surface area contributed by atoms with Crippen LogP contribution in [-0.2, 0) is 0 Å². The van der Waals surface area contributed by atoms with Gasteiger partial charge in [0.05, 0.1) is 0 Å². The van der Waals surface area contributed by atoms with Gasteiger partial charge in [0.25, 0.3) is 0 Å². The molecule has 5 heteroatoms. The molecule has 0 aromatic heterocycles. The molecule has 0 radical (unpaired) electrons. The highest BCUT2D eigenvalue weighted by Gasteiger charge is 2.14. The second-order valence-corrected chi connectivity index (χ2v) is 3.56. The lowest BCUT2D eigenvalue weighted by atomic mass is 10.2. The fourth-order valence-electron chi connectivity index (χ4n) is 1.39. The average Bonchev–Trinajstić information content (AvgIpc) is 2.33. The first-order valence-electron chi connectivity index (χ1n) is 5.10. The molecule has 2 rings (SSSR count). The summed E-state index contributed by atoms with van der Waals surface area (Å²) in [6.07, 6.45) is 0. The molecule has 0 spiro atoms. The van der Waals surface area contributed by atoms with Gasteiger partial charge < -0.3 is 20.1 Å². The van der Waals surface area contributed by atoms with Crippen LogP contribution in [0.3, 0.4) is 0 Å². The second-order valence-electron chi connectivity index (χ2n) is 3.56. The quantitative estimate of drug-likeness (QED) is 0.557. The number of phenols is 3. The number of hydrogen-bond acceptors (Lipinski definition) is 5. The fraction of sp³-hybridized carbons (Fsp3) is 0. The third-order valence-corrected chi connectivity index (χ3v) is 2.27. The Kier molecular flexibility index (Phi) is 3.05. The molecule has 0 atom stereocenters. The summed E-state index contributed by atoms with van der Waals surface area (Å²) in [5.74, 6) is -1.61. The molecule has 0 amide bonds. The van der Waals surface area contributed by atoms with Crippen LogP contribution < -0.4 is 4.74 Å². The molecule has 0 aliphatic heterocycles. The van der Waals surface area contributed by atoms with E-state index >= 15 is 0 Å². The van der Waals surface area contributed by atoms with Gasteiger partial charge in [-0.3, -0.25) is 0 Å². The summed E-state index contributed by atoms with van der Waals surface area (Å²) < 4.78 is 4.91. The Morgan fingerprint density at radius 2 is 1.67 bits per heavy atom. The van der Waals surface area contributed by atoms with Crippen molar-refractivity contribution in [3.05, 3.63) is 48.0 Å². The van der Waals surface area contributed by atoms with Gasteiger partial charge >= 0.3 is 5.97 Å². The van der Waals surface area contributed by atoms with Crippen molar-refractivity contribution in [3.8, 4) is 23.0 Å². The first kappa shape index (κ1) is 11.8. The monoisotopic (exact) mass is 246 g/mol. The lowest BCUT2D eigenvalue weighted by molar-refractivity contribution is 0.0726. The van der Waals surface area contributed by atoms with Gasteiger partial charge in [0.1, 0.15) is 17.1 Å².